The number of aliphatic hydroxyl groups excluding tert-OH is 1. The third-order valence-corrected chi connectivity index (χ3v) is 4.24. The molecule has 2 rings (SSSR count). The summed E-state index contributed by atoms with van der Waals surface area (Å²) in [5.41, 5.74) is 0.942. The molecule has 0 radical (unpaired) electrons. The number of alkyl halides is 2. The second-order valence-electron chi connectivity index (χ2n) is 5.81. The van der Waals surface area contributed by atoms with Crippen LogP contribution in [-0.4, -0.2) is 31.0 Å². The minimum absolute atomic E-state index is 0.0523. The van der Waals surface area contributed by atoms with Crippen molar-refractivity contribution in [1.82, 2.24) is 5.32 Å². The predicted molar refractivity (Wildman–Crippen MR) is 83.9 cm³/mol. The minimum Gasteiger partial charge on any atom is -0.490 e. The average Bonchev–Trinajstić information content (AvgIpc) is 2.55. The molecule has 0 aromatic heterocycles. The van der Waals surface area contributed by atoms with Crippen molar-refractivity contribution in [3.8, 4) is 11.5 Å². The zero-order chi connectivity index (χ0) is 16.7. The molecule has 2 unspecified atom stereocenters. The van der Waals surface area contributed by atoms with Crippen LogP contribution in [0.3, 0.4) is 0 Å². The number of benzene rings is 1. The summed E-state index contributed by atoms with van der Waals surface area (Å²) in [6, 6.07) is 5.29. The van der Waals surface area contributed by atoms with Crippen LogP contribution in [-0.2, 0) is 6.54 Å². The Morgan fingerprint density at radius 3 is 2.74 bits per heavy atom. The van der Waals surface area contributed by atoms with Gasteiger partial charge < -0.3 is 19.9 Å². The third-order valence-electron chi connectivity index (χ3n) is 4.24. The molecular formula is C17H25F2NO3. The highest BCUT2D eigenvalue weighted by atomic mass is 19.3. The van der Waals surface area contributed by atoms with Crippen molar-refractivity contribution in [2.45, 2.75) is 51.8 Å². The number of rotatable bonds is 8. The summed E-state index contributed by atoms with van der Waals surface area (Å²) in [5.74, 6) is 0.669. The number of hydrogen-bond donors (Lipinski definition) is 2. The summed E-state index contributed by atoms with van der Waals surface area (Å²) < 4.78 is 34.7. The molecule has 23 heavy (non-hydrogen) atoms. The van der Waals surface area contributed by atoms with Gasteiger partial charge in [0.15, 0.2) is 11.5 Å². The molecule has 0 heterocycles. The summed E-state index contributed by atoms with van der Waals surface area (Å²) in [5, 5.41) is 12.9. The van der Waals surface area contributed by atoms with Crippen LogP contribution in [0.5, 0.6) is 11.5 Å². The van der Waals surface area contributed by atoms with E-state index in [9.17, 15) is 13.9 Å². The molecule has 130 valence electrons. The first-order chi connectivity index (χ1) is 11.1. The first-order valence-corrected chi connectivity index (χ1v) is 8.18. The van der Waals surface area contributed by atoms with E-state index in [-0.39, 0.29) is 18.3 Å². The van der Waals surface area contributed by atoms with Gasteiger partial charge in [-0.15, -0.1) is 0 Å². The van der Waals surface area contributed by atoms with E-state index in [0.29, 0.717) is 24.9 Å². The fourth-order valence-electron chi connectivity index (χ4n) is 3.07. The number of aliphatic hydroxyl groups is 1. The van der Waals surface area contributed by atoms with Crippen LogP contribution in [0.2, 0.25) is 0 Å². The van der Waals surface area contributed by atoms with Gasteiger partial charge in [0, 0.05) is 19.2 Å². The van der Waals surface area contributed by atoms with Gasteiger partial charge in [-0.05, 0) is 43.4 Å². The zero-order valence-electron chi connectivity index (χ0n) is 13.4. The van der Waals surface area contributed by atoms with Gasteiger partial charge in [-0.1, -0.05) is 18.9 Å². The van der Waals surface area contributed by atoms with Gasteiger partial charge in [-0.2, -0.15) is 8.78 Å². The Morgan fingerprint density at radius 2 is 2.04 bits per heavy atom. The summed E-state index contributed by atoms with van der Waals surface area (Å²) in [6.07, 6.45) is 4.42. The number of nitrogens with one attached hydrogen (secondary N) is 1. The van der Waals surface area contributed by atoms with Gasteiger partial charge >= 0.3 is 6.61 Å². The molecule has 1 fully saturated rings. The Labute approximate surface area is 135 Å². The third kappa shape index (κ3) is 5.32. The Hall–Kier alpha value is -1.40. The molecule has 2 N–H and O–H groups in total. The van der Waals surface area contributed by atoms with Crippen LogP contribution in [0.1, 0.15) is 38.2 Å². The quantitative estimate of drug-likeness (QED) is 0.768. The molecule has 0 spiro atoms. The minimum atomic E-state index is -2.87. The normalized spacial score (nSPS) is 21.4. The van der Waals surface area contributed by atoms with Crippen molar-refractivity contribution in [1.29, 1.82) is 0 Å². The number of ether oxygens (including phenoxy) is 2. The molecule has 1 saturated carbocycles. The highest BCUT2D eigenvalue weighted by Gasteiger charge is 2.23. The van der Waals surface area contributed by atoms with Crippen LogP contribution >= 0.6 is 0 Å². The second-order valence-corrected chi connectivity index (χ2v) is 5.81. The molecule has 4 nitrogen and oxygen atoms in total. The van der Waals surface area contributed by atoms with E-state index >= 15 is 0 Å². The van der Waals surface area contributed by atoms with Gasteiger partial charge in [0.05, 0.1) is 6.61 Å². The van der Waals surface area contributed by atoms with Crippen LogP contribution < -0.4 is 14.8 Å². The standard InChI is InChI=1S/C17H25F2NO3/c1-2-22-16-9-12(7-8-15(16)23-17(18)19)10-20-14-6-4-3-5-13(14)11-21/h7-9,13-14,17,20-21H,2-6,10-11H2,1H3. The maximum absolute atomic E-state index is 12.4. The van der Waals surface area contributed by atoms with E-state index < -0.39 is 6.61 Å². The van der Waals surface area contributed by atoms with Crippen molar-refractivity contribution >= 4 is 0 Å². The smallest absolute Gasteiger partial charge is 0.387 e. The highest BCUT2D eigenvalue weighted by Crippen LogP contribution is 2.30. The average molecular weight is 329 g/mol. The maximum Gasteiger partial charge on any atom is 0.387 e. The summed E-state index contributed by atoms with van der Waals surface area (Å²) in [6.45, 7) is 0.112. The number of hydrogen-bond acceptors (Lipinski definition) is 4. The lowest BCUT2D eigenvalue weighted by Gasteiger charge is -2.31. The number of halogens is 2. The van der Waals surface area contributed by atoms with Crippen LogP contribution in [0.4, 0.5) is 8.78 Å². The maximum atomic E-state index is 12.4. The second kappa shape index (κ2) is 9.03. The van der Waals surface area contributed by atoms with E-state index in [2.05, 4.69) is 10.1 Å². The first-order valence-electron chi connectivity index (χ1n) is 8.18. The van der Waals surface area contributed by atoms with Gasteiger partial charge in [0.1, 0.15) is 0 Å². The molecule has 1 aliphatic carbocycles. The Balaban J connectivity index is 2.00. The van der Waals surface area contributed by atoms with Crippen molar-refractivity contribution in [2.24, 2.45) is 5.92 Å². The highest BCUT2D eigenvalue weighted by molar-refractivity contribution is 5.43. The van der Waals surface area contributed by atoms with E-state index in [1.54, 1.807) is 19.1 Å². The van der Waals surface area contributed by atoms with Gasteiger partial charge in [0.2, 0.25) is 0 Å². The topological polar surface area (TPSA) is 50.7 Å². The molecule has 0 amide bonds. The van der Waals surface area contributed by atoms with Crippen molar-refractivity contribution in [3.05, 3.63) is 23.8 Å². The Morgan fingerprint density at radius 1 is 1.26 bits per heavy atom. The largest absolute Gasteiger partial charge is 0.490 e. The monoisotopic (exact) mass is 329 g/mol. The van der Waals surface area contributed by atoms with E-state index in [1.165, 1.54) is 12.5 Å². The molecular weight excluding hydrogens is 304 g/mol. The molecule has 6 heteroatoms. The summed E-state index contributed by atoms with van der Waals surface area (Å²) >= 11 is 0. The predicted octanol–water partition coefficient (Wildman–Crippen LogP) is 3.33. The van der Waals surface area contributed by atoms with Crippen molar-refractivity contribution in [3.63, 3.8) is 0 Å². The van der Waals surface area contributed by atoms with Crippen molar-refractivity contribution in [2.75, 3.05) is 13.2 Å². The molecule has 0 saturated heterocycles. The Kier molecular flexibility index (Phi) is 7.05. The van der Waals surface area contributed by atoms with Crippen LogP contribution in [0.25, 0.3) is 0 Å². The van der Waals surface area contributed by atoms with Gasteiger partial charge in [0.25, 0.3) is 0 Å². The van der Waals surface area contributed by atoms with E-state index in [1.807, 2.05) is 0 Å². The van der Waals surface area contributed by atoms with Crippen molar-refractivity contribution < 1.29 is 23.4 Å². The Bertz CT molecular complexity index is 485. The molecule has 1 aromatic rings. The van der Waals surface area contributed by atoms with Crippen LogP contribution in [0, 0.1) is 5.92 Å². The van der Waals surface area contributed by atoms with Gasteiger partial charge in [-0.3, -0.25) is 0 Å². The molecule has 1 aromatic carbocycles. The lowest BCUT2D eigenvalue weighted by molar-refractivity contribution is -0.0514. The fraction of sp³-hybridized carbons (Fsp3) is 0.647. The molecule has 2 atom stereocenters. The molecule has 1 aliphatic rings. The fourth-order valence-corrected chi connectivity index (χ4v) is 3.07. The molecule has 0 aliphatic heterocycles. The summed E-state index contributed by atoms with van der Waals surface area (Å²) in [4.78, 5) is 0. The van der Waals surface area contributed by atoms with E-state index in [4.69, 9.17) is 4.74 Å². The van der Waals surface area contributed by atoms with E-state index in [0.717, 1.165) is 24.8 Å². The lowest BCUT2D eigenvalue weighted by atomic mass is 9.85. The zero-order valence-corrected chi connectivity index (χ0v) is 13.4. The van der Waals surface area contributed by atoms with Gasteiger partial charge in [-0.25, -0.2) is 0 Å². The first kappa shape index (κ1) is 17.9. The molecule has 0 bridgehead atoms. The van der Waals surface area contributed by atoms with Crippen LogP contribution in [0.15, 0.2) is 18.2 Å². The summed E-state index contributed by atoms with van der Waals surface area (Å²) in [7, 11) is 0. The SMILES string of the molecule is CCOc1cc(CNC2CCCCC2CO)ccc1OC(F)F. The lowest BCUT2D eigenvalue weighted by Crippen LogP contribution is -2.39.